The summed E-state index contributed by atoms with van der Waals surface area (Å²) in [4.78, 5) is 130. The number of amides is 8. The van der Waals surface area contributed by atoms with Crippen LogP contribution in [0.25, 0.3) is 0 Å². The third kappa shape index (κ3) is 16.6. The fourth-order valence-corrected chi connectivity index (χ4v) is 9.10. The molecule has 2 heterocycles. The molecule has 3 unspecified atom stereocenters. The normalized spacial score (nSPS) is 24.2. The Kier molecular flexibility index (Phi) is 21.3. The first-order valence-electron chi connectivity index (χ1n) is 25.7. The number of piperidine rings is 1. The van der Waals surface area contributed by atoms with Crippen LogP contribution >= 0.6 is 0 Å². The number of nitrogens with zero attached hydrogens (tertiary/aromatic N) is 2. The number of nitrogens with one attached hydrogen (secondary N) is 5. The lowest BCUT2D eigenvalue weighted by atomic mass is 9.94. The maximum Gasteiger partial charge on any atom is 0.329 e. The lowest BCUT2D eigenvalue weighted by molar-refractivity contribution is -0.166. The molecule has 2 fully saturated rings. The number of aliphatic hydroxyl groups excluding tert-OH is 2. The zero-order valence-electron chi connectivity index (χ0n) is 44.0. The number of hydrogen-bond acceptors (Lipinski definition) is 15. The number of cyclic esters (lactones) is 1. The maximum absolute atomic E-state index is 14.9. The number of phenolic OH excluding ortho intramolecular Hbond substituents is 3. The second-order valence-electron chi connectivity index (χ2n) is 20.2. The number of ether oxygens (including phenoxy) is 1. The molecule has 11 atom stereocenters. The molecule has 3 aromatic rings. The summed E-state index contributed by atoms with van der Waals surface area (Å²) in [6.45, 7) is 8.19. The molecular weight excluding hydrogens is 1000 g/mol. The molecule has 0 aliphatic carbocycles. The van der Waals surface area contributed by atoms with Crippen LogP contribution in [-0.4, -0.2) is 156 Å². The van der Waals surface area contributed by atoms with Crippen LogP contribution in [-0.2, 0) is 67.2 Å². The number of likely N-dealkylation sites (N-methyl/N-ethyl adjacent to an activating group) is 1. The number of hydrogen-bond donors (Lipinski definition) is 11. The van der Waals surface area contributed by atoms with Crippen molar-refractivity contribution >= 4 is 53.2 Å². The summed E-state index contributed by atoms with van der Waals surface area (Å²) in [6.07, 6.45) is -6.54. The van der Waals surface area contributed by atoms with Crippen molar-refractivity contribution in [1.29, 1.82) is 0 Å². The minimum atomic E-state index is -1.93. The molecule has 0 aromatic heterocycles. The Bertz CT molecular complexity index is 2580. The van der Waals surface area contributed by atoms with Crippen molar-refractivity contribution in [2.75, 3.05) is 7.05 Å². The molecule has 5 rings (SSSR count). The van der Waals surface area contributed by atoms with Crippen LogP contribution in [0, 0.1) is 11.8 Å². The standard InChI is InChI=1S/C54H72N8O15/c1-7-29(4)45-54(76)77-30(5)46(60-47(69)37(20-22-43(55)67)56-50(72)42(66)27-33-12-18-36(65)19-13-33)51(73)58-39(25-31-8-14-34(63)15-9-31)48(70)57-38-21-23-44(68)62(52(38)74)41(24-28(2)3)53(75)61(6)40(49(71)59-45)26-32-10-16-35(64)17-11-32/h8-19,28-30,37-42,44-46,63-66,68H,7,20-27H2,1-6H3,(H2,55,67)(H,56,72)(H,57,70)(H,58,73)(H,59,71)(H,60,69)/t29-,30+,37-,38-,39?,40-,41?,42+,44+,45-,46?/m0/s1. The number of primary amides is 1. The van der Waals surface area contributed by atoms with Gasteiger partial charge in [0.1, 0.15) is 78.0 Å². The zero-order chi connectivity index (χ0) is 56.8. The quantitative estimate of drug-likeness (QED) is 0.0797. The van der Waals surface area contributed by atoms with Crippen molar-refractivity contribution in [2.24, 2.45) is 17.6 Å². The van der Waals surface area contributed by atoms with Crippen LogP contribution in [0.4, 0.5) is 0 Å². The monoisotopic (exact) mass is 1070 g/mol. The van der Waals surface area contributed by atoms with Gasteiger partial charge in [0.2, 0.25) is 47.3 Å². The molecule has 2 aliphatic rings. The summed E-state index contributed by atoms with van der Waals surface area (Å²) in [7, 11) is 1.34. The third-order valence-electron chi connectivity index (χ3n) is 13.8. The van der Waals surface area contributed by atoms with E-state index in [1.807, 2.05) is 0 Å². The number of phenols is 3. The highest BCUT2D eigenvalue weighted by molar-refractivity contribution is 5.98. The van der Waals surface area contributed by atoms with Gasteiger partial charge in [0.25, 0.3) is 0 Å². The van der Waals surface area contributed by atoms with Gasteiger partial charge < -0.3 is 72.4 Å². The molecule has 2 bridgehead atoms. The van der Waals surface area contributed by atoms with Gasteiger partial charge in [-0.1, -0.05) is 70.5 Å². The molecule has 23 heteroatoms. The van der Waals surface area contributed by atoms with E-state index in [9.17, 15) is 68.7 Å². The Morgan fingerprint density at radius 1 is 0.740 bits per heavy atom. The minimum Gasteiger partial charge on any atom is -0.508 e. The molecule has 3 aromatic carbocycles. The molecule has 23 nitrogen and oxygen atoms in total. The number of carbonyl (C=O) groups excluding carboxylic acids is 9. The summed E-state index contributed by atoms with van der Waals surface area (Å²) in [5.74, 6) is -9.89. The summed E-state index contributed by atoms with van der Waals surface area (Å²) < 4.78 is 5.94. The van der Waals surface area contributed by atoms with E-state index in [0.717, 1.165) is 9.80 Å². The highest BCUT2D eigenvalue weighted by atomic mass is 16.5. The average molecular weight is 1070 g/mol. The summed E-state index contributed by atoms with van der Waals surface area (Å²) >= 11 is 0. The summed E-state index contributed by atoms with van der Waals surface area (Å²) in [5, 5.41) is 65.1. The number of benzene rings is 3. The van der Waals surface area contributed by atoms with E-state index >= 15 is 0 Å². The molecule has 8 amide bonds. The Morgan fingerprint density at radius 3 is 1.84 bits per heavy atom. The van der Waals surface area contributed by atoms with E-state index in [4.69, 9.17) is 10.5 Å². The van der Waals surface area contributed by atoms with Crippen LogP contribution in [0.2, 0.25) is 0 Å². The topological polar surface area (TPSA) is 357 Å². The van der Waals surface area contributed by atoms with Crippen LogP contribution in [0.15, 0.2) is 72.8 Å². The van der Waals surface area contributed by atoms with E-state index in [-0.39, 0.29) is 68.1 Å². The Labute approximate surface area is 446 Å². The highest BCUT2D eigenvalue weighted by Crippen LogP contribution is 2.27. The molecule has 0 spiro atoms. The number of carbonyl (C=O) groups is 9. The van der Waals surface area contributed by atoms with Crippen molar-refractivity contribution in [3.63, 3.8) is 0 Å². The number of aliphatic hydroxyl groups is 2. The first-order chi connectivity index (χ1) is 36.4. The third-order valence-corrected chi connectivity index (χ3v) is 13.8. The van der Waals surface area contributed by atoms with Crippen molar-refractivity contribution in [1.82, 2.24) is 36.4 Å². The van der Waals surface area contributed by atoms with E-state index in [2.05, 4.69) is 26.6 Å². The van der Waals surface area contributed by atoms with Gasteiger partial charge in [0.05, 0.1) is 0 Å². The molecule has 2 aliphatic heterocycles. The summed E-state index contributed by atoms with van der Waals surface area (Å²) in [6, 6.07) is 6.22. The molecular formula is C54H72N8O15. The Morgan fingerprint density at radius 2 is 1.30 bits per heavy atom. The average Bonchev–Trinajstić information content (AvgIpc) is 3.38. The van der Waals surface area contributed by atoms with Crippen LogP contribution in [0.5, 0.6) is 17.2 Å². The van der Waals surface area contributed by atoms with Crippen molar-refractivity contribution < 1.29 is 73.4 Å². The Balaban J connectivity index is 1.62. The van der Waals surface area contributed by atoms with Gasteiger partial charge in [-0.2, -0.15) is 0 Å². The SMILES string of the molecule is CC[C@H](C)[C@@H]1NC(=O)[C@H](Cc2ccc(O)cc2)N(C)C(=O)C(CC(C)C)N2C(=O)[C@H](CC[C@H]2O)NC(=O)C(Cc2ccc(O)cc2)NC(=O)C(NC(=O)[C@H](CCC(N)=O)NC(=O)[C@H](O)Cc2ccc(O)cc2)[C@@H](C)OC1=O. The summed E-state index contributed by atoms with van der Waals surface area (Å²) in [5.41, 5.74) is 6.75. The largest absolute Gasteiger partial charge is 0.508 e. The number of rotatable bonds is 17. The lowest BCUT2D eigenvalue weighted by Gasteiger charge is -2.43. The second-order valence-corrected chi connectivity index (χ2v) is 20.2. The predicted octanol–water partition coefficient (Wildman–Crippen LogP) is 0.0556. The fourth-order valence-electron chi connectivity index (χ4n) is 9.10. The molecule has 2 saturated heterocycles. The Hall–Kier alpha value is -7.79. The van der Waals surface area contributed by atoms with E-state index in [0.29, 0.717) is 16.7 Å². The zero-order valence-corrected chi connectivity index (χ0v) is 44.0. The number of fused-ring (bicyclic) bond motifs is 2. The number of aromatic hydroxyl groups is 3. The fraction of sp³-hybridized carbons (Fsp3) is 0.500. The van der Waals surface area contributed by atoms with Gasteiger partial charge in [-0.25, -0.2) is 4.79 Å². The van der Waals surface area contributed by atoms with Gasteiger partial charge in [-0.3, -0.25) is 38.4 Å². The number of nitrogens with two attached hydrogens (primary N) is 1. The van der Waals surface area contributed by atoms with Crippen molar-refractivity contribution in [3.05, 3.63) is 89.5 Å². The van der Waals surface area contributed by atoms with Gasteiger partial charge in [0.15, 0.2) is 0 Å². The molecule has 0 saturated carbocycles. The smallest absolute Gasteiger partial charge is 0.329 e. The molecule has 12 N–H and O–H groups in total. The van der Waals surface area contributed by atoms with Crippen LogP contribution in [0.1, 0.15) is 89.8 Å². The van der Waals surface area contributed by atoms with Gasteiger partial charge >= 0.3 is 5.97 Å². The predicted molar refractivity (Wildman–Crippen MR) is 276 cm³/mol. The molecule has 0 radical (unpaired) electrons. The van der Waals surface area contributed by atoms with E-state index < -0.39 is 133 Å². The van der Waals surface area contributed by atoms with Crippen molar-refractivity contribution in [2.45, 2.75) is 153 Å². The number of esters is 1. The van der Waals surface area contributed by atoms with E-state index in [1.54, 1.807) is 27.7 Å². The first kappa shape index (κ1) is 60.1. The lowest BCUT2D eigenvalue weighted by Crippen LogP contribution is -2.65. The van der Waals surface area contributed by atoms with Crippen LogP contribution in [0.3, 0.4) is 0 Å². The van der Waals surface area contributed by atoms with E-state index in [1.165, 1.54) is 86.8 Å². The first-order valence-corrected chi connectivity index (χ1v) is 25.7. The van der Waals surface area contributed by atoms with Gasteiger partial charge in [-0.05, 0) is 97.5 Å². The maximum atomic E-state index is 14.9. The minimum absolute atomic E-state index is 0.00000440. The highest BCUT2D eigenvalue weighted by Gasteiger charge is 2.46. The molecule has 418 valence electrons. The van der Waals surface area contributed by atoms with Crippen molar-refractivity contribution in [3.8, 4) is 17.2 Å². The van der Waals surface area contributed by atoms with Gasteiger partial charge in [-0.15, -0.1) is 0 Å². The second kappa shape index (κ2) is 27.3. The molecule has 77 heavy (non-hydrogen) atoms. The van der Waals surface area contributed by atoms with Gasteiger partial charge in [0, 0.05) is 32.7 Å². The van der Waals surface area contributed by atoms with Crippen LogP contribution < -0.4 is 32.3 Å².